The highest BCUT2D eigenvalue weighted by Crippen LogP contribution is 2.21. The van der Waals surface area contributed by atoms with Gasteiger partial charge in [0.25, 0.3) is 5.91 Å². The van der Waals surface area contributed by atoms with Crippen LogP contribution in [-0.4, -0.2) is 23.9 Å². The molecule has 0 saturated heterocycles. The highest BCUT2D eigenvalue weighted by Gasteiger charge is 2.19. The molecule has 1 aromatic carbocycles. The molecule has 17 heavy (non-hydrogen) atoms. The third kappa shape index (κ3) is 3.11. The molecule has 0 bridgehead atoms. The molecule has 1 unspecified atom stereocenters. The lowest BCUT2D eigenvalue weighted by Gasteiger charge is -2.23. The molecule has 1 aromatic rings. The van der Waals surface area contributed by atoms with Gasteiger partial charge in [0.2, 0.25) is 0 Å². The fourth-order valence-electron chi connectivity index (χ4n) is 1.36. The number of nitrogen functional groups attached to an aromatic ring is 1. The van der Waals surface area contributed by atoms with Crippen LogP contribution < -0.4 is 5.73 Å². The lowest BCUT2D eigenvalue weighted by Crippen LogP contribution is -2.35. The average molecular weight is 252 g/mol. The van der Waals surface area contributed by atoms with E-state index in [1.54, 1.807) is 19.2 Å². The average Bonchev–Trinajstić information content (AvgIpc) is 2.27. The largest absolute Gasteiger partial charge is 0.399 e. The van der Waals surface area contributed by atoms with Crippen LogP contribution in [0.15, 0.2) is 18.2 Å². The number of hydrogen-bond donors (Lipinski definition) is 1. The van der Waals surface area contributed by atoms with Gasteiger partial charge in [-0.2, -0.15) is 5.26 Å². The van der Waals surface area contributed by atoms with Crippen LogP contribution >= 0.6 is 11.6 Å². The van der Waals surface area contributed by atoms with Crippen LogP contribution in [0.1, 0.15) is 23.7 Å². The number of carbonyl (C=O) groups is 1. The van der Waals surface area contributed by atoms with Gasteiger partial charge in [0.1, 0.15) is 0 Å². The minimum absolute atomic E-state index is 0.152. The molecule has 0 aromatic heterocycles. The summed E-state index contributed by atoms with van der Waals surface area (Å²) < 4.78 is 0. The van der Waals surface area contributed by atoms with Gasteiger partial charge in [0.15, 0.2) is 0 Å². The van der Waals surface area contributed by atoms with Crippen molar-refractivity contribution in [2.45, 2.75) is 19.4 Å². The van der Waals surface area contributed by atoms with Crippen molar-refractivity contribution in [2.75, 3.05) is 12.8 Å². The Balaban J connectivity index is 2.93. The molecule has 2 N–H and O–H groups in total. The Bertz CT molecular complexity index is 467. The van der Waals surface area contributed by atoms with Crippen molar-refractivity contribution in [3.8, 4) is 6.07 Å². The summed E-state index contributed by atoms with van der Waals surface area (Å²) in [6.45, 7) is 1.81. The Morgan fingerprint density at radius 3 is 2.82 bits per heavy atom. The zero-order valence-electron chi connectivity index (χ0n) is 9.77. The molecular formula is C12H14ClN3O. The van der Waals surface area contributed by atoms with E-state index in [4.69, 9.17) is 22.6 Å². The van der Waals surface area contributed by atoms with Crippen LogP contribution in [0.25, 0.3) is 0 Å². The lowest BCUT2D eigenvalue weighted by atomic mass is 10.1. The van der Waals surface area contributed by atoms with Gasteiger partial charge in [0, 0.05) is 18.8 Å². The first-order chi connectivity index (χ1) is 7.97. The minimum atomic E-state index is -0.210. The minimum Gasteiger partial charge on any atom is -0.399 e. The molecule has 1 rings (SSSR count). The maximum atomic E-state index is 12.1. The number of hydrogen-bond acceptors (Lipinski definition) is 3. The number of amides is 1. The monoisotopic (exact) mass is 251 g/mol. The number of carbonyl (C=O) groups excluding carboxylic acids is 1. The second kappa shape index (κ2) is 5.55. The lowest BCUT2D eigenvalue weighted by molar-refractivity contribution is 0.0746. The van der Waals surface area contributed by atoms with Gasteiger partial charge in [-0.15, -0.1) is 0 Å². The van der Waals surface area contributed by atoms with E-state index in [0.29, 0.717) is 16.3 Å². The number of nitrogens with two attached hydrogens (primary N) is 1. The van der Waals surface area contributed by atoms with Gasteiger partial charge in [-0.05, 0) is 25.1 Å². The summed E-state index contributed by atoms with van der Waals surface area (Å²) in [4.78, 5) is 13.6. The van der Waals surface area contributed by atoms with Crippen molar-refractivity contribution in [2.24, 2.45) is 0 Å². The van der Waals surface area contributed by atoms with Crippen molar-refractivity contribution < 1.29 is 4.79 Å². The SMILES string of the molecule is CC(CC#N)N(C)C(=O)c1ccc(N)cc1Cl. The zero-order chi connectivity index (χ0) is 13.0. The maximum absolute atomic E-state index is 12.1. The van der Waals surface area contributed by atoms with Gasteiger partial charge >= 0.3 is 0 Å². The van der Waals surface area contributed by atoms with Crippen molar-refractivity contribution in [1.82, 2.24) is 4.90 Å². The number of rotatable bonds is 3. The van der Waals surface area contributed by atoms with Gasteiger partial charge in [-0.3, -0.25) is 4.79 Å². The highest BCUT2D eigenvalue weighted by atomic mass is 35.5. The zero-order valence-corrected chi connectivity index (χ0v) is 10.5. The van der Waals surface area contributed by atoms with Crippen LogP contribution in [-0.2, 0) is 0 Å². The fraction of sp³-hybridized carbons (Fsp3) is 0.333. The van der Waals surface area contributed by atoms with Crippen LogP contribution in [0.4, 0.5) is 5.69 Å². The molecule has 0 fully saturated rings. The highest BCUT2D eigenvalue weighted by molar-refractivity contribution is 6.34. The molecule has 1 amide bonds. The van der Waals surface area contributed by atoms with E-state index < -0.39 is 0 Å². The van der Waals surface area contributed by atoms with Gasteiger partial charge < -0.3 is 10.6 Å². The Kier molecular flexibility index (Phi) is 4.36. The number of nitrogens with zero attached hydrogens (tertiary/aromatic N) is 2. The Morgan fingerprint density at radius 2 is 2.29 bits per heavy atom. The van der Waals surface area contributed by atoms with E-state index in [0.717, 1.165) is 0 Å². The summed E-state index contributed by atoms with van der Waals surface area (Å²) in [7, 11) is 1.65. The summed E-state index contributed by atoms with van der Waals surface area (Å²) in [6.07, 6.45) is 0.287. The number of nitriles is 1. The topological polar surface area (TPSA) is 70.1 Å². The molecule has 4 nitrogen and oxygen atoms in total. The van der Waals surface area contributed by atoms with E-state index in [2.05, 4.69) is 0 Å². The second-order valence-electron chi connectivity index (χ2n) is 3.87. The van der Waals surface area contributed by atoms with Crippen LogP contribution in [0.3, 0.4) is 0 Å². The molecule has 0 aliphatic rings. The van der Waals surface area contributed by atoms with E-state index in [-0.39, 0.29) is 18.4 Å². The predicted octanol–water partition coefficient (Wildman–Crippen LogP) is 2.30. The Labute approximate surface area is 106 Å². The van der Waals surface area contributed by atoms with Crippen molar-refractivity contribution in [3.63, 3.8) is 0 Å². The molecule has 0 aliphatic heterocycles. The summed E-state index contributed by atoms with van der Waals surface area (Å²) in [5.41, 5.74) is 6.47. The van der Waals surface area contributed by atoms with Gasteiger partial charge in [-0.25, -0.2) is 0 Å². The molecule has 0 saturated carbocycles. The number of benzene rings is 1. The van der Waals surface area contributed by atoms with E-state index >= 15 is 0 Å². The Morgan fingerprint density at radius 1 is 1.65 bits per heavy atom. The number of anilines is 1. The number of halogens is 1. The molecule has 90 valence electrons. The summed E-state index contributed by atoms with van der Waals surface area (Å²) >= 11 is 5.96. The van der Waals surface area contributed by atoms with Gasteiger partial charge in [-0.1, -0.05) is 11.6 Å². The van der Waals surface area contributed by atoms with Crippen LogP contribution in [0.5, 0.6) is 0 Å². The van der Waals surface area contributed by atoms with Crippen LogP contribution in [0.2, 0.25) is 5.02 Å². The molecule has 0 aliphatic carbocycles. The fourth-order valence-corrected chi connectivity index (χ4v) is 1.63. The summed E-state index contributed by atoms with van der Waals surface area (Å²) in [5, 5.41) is 8.92. The quantitative estimate of drug-likeness (QED) is 0.838. The molecule has 0 heterocycles. The van der Waals surface area contributed by atoms with Gasteiger partial charge in [0.05, 0.1) is 23.1 Å². The summed E-state index contributed by atoms with van der Waals surface area (Å²) in [5.74, 6) is -0.210. The Hall–Kier alpha value is -1.73. The van der Waals surface area contributed by atoms with E-state index in [1.165, 1.54) is 11.0 Å². The van der Waals surface area contributed by atoms with Crippen LogP contribution in [0, 0.1) is 11.3 Å². The molecule has 0 radical (unpaired) electrons. The first-order valence-corrected chi connectivity index (χ1v) is 5.54. The van der Waals surface area contributed by atoms with Crippen molar-refractivity contribution in [3.05, 3.63) is 28.8 Å². The van der Waals surface area contributed by atoms with Crippen molar-refractivity contribution in [1.29, 1.82) is 5.26 Å². The second-order valence-corrected chi connectivity index (χ2v) is 4.27. The first-order valence-electron chi connectivity index (χ1n) is 5.16. The molecule has 1 atom stereocenters. The third-order valence-corrected chi connectivity index (χ3v) is 2.90. The normalized spacial score (nSPS) is 11.6. The third-order valence-electron chi connectivity index (χ3n) is 2.59. The summed E-state index contributed by atoms with van der Waals surface area (Å²) in [6, 6.07) is 6.64. The first kappa shape index (κ1) is 13.3. The van der Waals surface area contributed by atoms with Crippen molar-refractivity contribution >= 4 is 23.2 Å². The predicted molar refractivity (Wildman–Crippen MR) is 67.6 cm³/mol. The van der Waals surface area contributed by atoms with E-state index in [9.17, 15) is 4.79 Å². The smallest absolute Gasteiger partial charge is 0.255 e. The van der Waals surface area contributed by atoms with E-state index in [1.807, 2.05) is 13.0 Å². The molecular weight excluding hydrogens is 238 g/mol. The molecule has 0 spiro atoms. The standard InChI is InChI=1S/C12H14ClN3O/c1-8(5-6-14)16(2)12(17)10-4-3-9(15)7-11(10)13/h3-4,7-8H,5,15H2,1-2H3. The maximum Gasteiger partial charge on any atom is 0.255 e. The molecule has 5 heteroatoms.